The van der Waals surface area contributed by atoms with Gasteiger partial charge in [-0.2, -0.15) is 0 Å². The van der Waals surface area contributed by atoms with Crippen LogP contribution in [-0.2, 0) is 18.3 Å². The smallest absolute Gasteiger partial charge is 0.270 e. The number of ether oxygens (including phenoxy) is 1. The van der Waals surface area contributed by atoms with Crippen LogP contribution in [-0.4, -0.2) is 70.6 Å². The summed E-state index contributed by atoms with van der Waals surface area (Å²) in [7, 11) is 3.45. The number of hydrazine groups is 1. The molecule has 1 saturated heterocycles. The van der Waals surface area contributed by atoms with Crippen LogP contribution in [0.2, 0.25) is 0 Å². The number of hydrogen-bond donors (Lipinski definition) is 4. The van der Waals surface area contributed by atoms with E-state index in [1.165, 1.54) is 6.33 Å². The van der Waals surface area contributed by atoms with Gasteiger partial charge in [-0.1, -0.05) is 12.1 Å². The van der Waals surface area contributed by atoms with E-state index in [4.69, 9.17) is 10.5 Å². The van der Waals surface area contributed by atoms with E-state index in [0.29, 0.717) is 54.3 Å². The summed E-state index contributed by atoms with van der Waals surface area (Å²) in [6, 6.07) is 9.07. The molecular weight excluding hydrogens is 436 g/mol. The Bertz CT molecular complexity index is 1160. The summed E-state index contributed by atoms with van der Waals surface area (Å²) in [5, 5.41) is 3.90. The number of benzene rings is 1. The normalized spacial score (nSPS) is 15.6. The Morgan fingerprint density at radius 1 is 1.24 bits per heavy atom. The predicted molar refractivity (Wildman–Crippen MR) is 128 cm³/mol. The minimum Gasteiger partial charge on any atom is -0.383 e. The van der Waals surface area contributed by atoms with E-state index < -0.39 is 0 Å². The molecule has 11 heteroatoms. The van der Waals surface area contributed by atoms with E-state index in [2.05, 4.69) is 26.1 Å². The van der Waals surface area contributed by atoms with Gasteiger partial charge in [0.15, 0.2) is 5.82 Å². The molecule has 3 heterocycles. The highest BCUT2D eigenvalue weighted by atomic mass is 16.5. The molecule has 1 fully saturated rings. The van der Waals surface area contributed by atoms with Gasteiger partial charge in [-0.25, -0.2) is 9.97 Å². The molecule has 2 amide bonds. The monoisotopic (exact) mass is 466 g/mol. The first-order valence-electron chi connectivity index (χ1n) is 11.2. The summed E-state index contributed by atoms with van der Waals surface area (Å²) < 4.78 is 6.74. The Kier molecular flexibility index (Phi) is 7.36. The van der Waals surface area contributed by atoms with Gasteiger partial charge in [0.25, 0.3) is 11.8 Å². The van der Waals surface area contributed by atoms with Crippen molar-refractivity contribution in [1.29, 1.82) is 0 Å². The van der Waals surface area contributed by atoms with E-state index in [9.17, 15) is 9.59 Å². The number of anilines is 1. The number of aromatic nitrogens is 3. The largest absolute Gasteiger partial charge is 0.383 e. The quantitative estimate of drug-likeness (QED) is 0.266. The molecule has 1 aliphatic rings. The van der Waals surface area contributed by atoms with Crippen molar-refractivity contribution in [1.82, 2.24) is 30.2 Å². The number of methoxy groups -OCH3 is 1. The maximum absolute atomic E-state index is 13.0. The molecule has 0 radical (unpaired) electrons. The third-order valence-electron chi connectivity index (χ3n) is 5.88. The summed E-state index contributed by atoms with van der Waals surface area (Å²) >= 11 is 0. The van der Waals surface area contributed by atoms with Crippen LogP contribution >= 0.6 is 0 Å². The zero-order chi connectivity index (χ0) is 24.1. The molecule has 1 aromatic carbocycles. The minimum absolute atomic E-state index is 0.00635. The number of nitrogens with one attached hydrogen (secondary N) is 3. The molecule has 4 rings (SSSR count). The Labute approximate surface area is 197 Å². The van der Waals surface area contributed by atoms with Crippen LogP contribution in [0.3, 0.4) is 0 Å². The molecule has 0 bridgehead atoms. The van der Waals surface area contributed by atoms with E-state index in [1.807, 2.05) is 12.1 Å². The van der Waals surface area contributed by atoms with Crippen molar-refractivity contribution in [2.75, 3.05) is 38.8 Å². The number of rotatable bonds is 9. The van der Waals surface area contributed by atoms with E-state index in [1.54, 1.807) is 41.8 Å². The standard InChI is InChI=1S/C23H30N8O3/c1-30-19(23(33)31-9-7-17(24)13-31)11-18-20(26-14-27-21(18)30)28-29-22(32)16-5-3-15(4-6-16)12-25-8-10-34-2/h3-6,11,14,17,25H,7-10,12-13,24H2,1-2H3,(H,29,32)(H,26,27,28). The van der Waals surface area contributed by atoms with Crippen molar-refractivity contribution in [2.45, 2.75) is 19.0 Å². The van der Waals surface area contributed by atoms with Crippen LogP contribution in [0.25, 0.3) is 11.0 Å². The third kappa shape index (κ3) is 5.16. The second-order valence-corrected chi connectivity index (χ2v) is 8.29. The lowest BCUT2D eigenvalue weighted by molar-refractivity contribution is 0.0781. The second kappa shape index (κ2) is 10.6. The van der Waals surface area contributed by atoms with Gasteiger partial charge in [0, 0.05) is 51.9 Å². The molecule has 1 atom stereocenters. The lowest BCUT2D eigenvalue weighted by atomic mass is 10.1. The van der Waals surface area contributed by atoms with E-state index in [-0.39, 0.29) is 17.9 Å². The van der Waals surface area contributed by atoms with Crippen LogP contribution in [0.1, 0.15) is 32.8 Å². The SMILES string of the molecule is COCCNCc1ccc(C(=O)NNc2ncnc3c2cc(C(=O)N2CCC(N)C2)n3C)cc1. The van der Waals surface area contributed by atoms with Gasteiger partial charge in [-0.3, -0.25) is 20.4 Å². The molecule has 180 valence electrons. The fraction of sp³-hybridized carbons (Fsp3) is 0.391. The van der Waals surface area contributed by atoms with Gasteiger partial charge in [-0.15, -0.1) is 0 Å². The average Bonchev–Trinajstić information content (AvgIpc) is 3.44. The van der Waals surface area contributed by atoms with Crippen LogP contribution in [0, 0.1) is 0 Å². The number of fused-ring (bicyclic) bond motifs is 1. The van der Waals surface area contributed by atoms with Crippen molar-refractivity contribution < 1.29 is 14.3 Å². The van der Waals surface area contributed by atoms with Crippen molar-refractivity contribution in [3.63, 3.8) is 0 Å². The van der Waals surface area contributed by atoms with Crippen molar-refractivity contribution in [3.05, 3.63) is 53.5 Å². The lowest BCUT2D eigenvalue weighted by Gasteiger charge is -2.15. The Balaban J connectivity index is 1.42. The van der Waals surface area contributed by atoms with Crippen molar-refractivity contribution >= 4 is 28.7 Å². The van der Waals surface area contributed by atoms with E-state index in [0.717, 1.165) is 18.5 Å². The van der Waals surface area contributed by atoms with E-state index >= 15 is 0 Å². The first-order chi connectivity index (χ1) is 16.5. The number of nitrogens with zero attached hydrogens (tertiary/aromatic N) is 4. The summed E-state index contributed by atoms with van der Waals surface area (Å²) in [6.45, 7) is 3.27. The number of nitrogens with two attached hydrogens (primary N) is 1. The summed E-state index contributed by atoms with van der Waals surface area (Å²) in [6.07, 6.45) is 2.18. The number of aryl methyl sites for hydroxylation is 1. The number of amides is 2. The van der Waals surface area contributed by atoms with Gasteiger partial charge in [-0.05, 0) is 30.2 Å². The zero-order valence-electron chi connectivity index (χ0n) is 19.4. The topological polar surface area (TPSA) is 139 Å². The fourth-order valence-electron chi connectivity index (χ4n) is 3.94. The molecule has 1 unspecified atom stereocenters. The van der Waals surface area contributed by atoms with Gasteiger partial charge in [0.05, 0.1) is 12.0 Å². The molecule has 0 saturated carbocycles. The lowest BCUT2D eigenvalue weighted by Crippen LogP contribution is -2.32. The minimum atomic E-state index is -0.302. The number of carbonyl (C=O) groups excluding carboxylic acids is 2. The third-order valence-corrected chi connectivity index (χ3v) is 5.88. The van der Waals surface area contributed by atoms with Gasteiger partial charge >= 0.3 is 0 Å². The number of hydrogen-bond acceptors (Lipinski definition) is 8. The maximum atomic E-state index is 13.0. The Morgan fingerprint density at radius 2 is 2.03 bits per heavy atom. The predicted octanol–water partition coefficient (Wildman–Crippen LogP) is 0.634. The zero-order valence-corrected chi connectivity index (χ0v) is 19.4. The molecule has 2 aromatic heterocycles. The van der Waals surface area contributed by atoms with Crippen LogP contribution in [0.5, 0.6) is 0 Å². The molecule has 3 aromatic rings. The van der Waals surface area contributed by atoms with Gasteiger partial charge < -0.3 is 25.3 Å². The molecular formula is C23H30N8O3. The first kappa shape index (κ1) is 23.6. The molecule has 34 heavy (non-hydrogen) atoms. The van der Waals surface area contributed by atoms with Crippen LogP contribution < -0.4 is 21.9 Å². The van der Waals surface area contributed by atoms with Gasteiger partial charge in [0.1, 0.15) is 17.7 Å². The summed E-state index contributed by atoms with van der Waals surface area (Å²) in [5.41, 5.74) is 14.2. The van der Waals surface area contributed by atoms with Crippen LogP contribution in [0.15, 0.2) is 36.7 Å². The van der Waals surface area contributed by atoms with Crippen molar-refractivity contribution in [3.8, 4) is 0 Å². The van der Waals surface area contributed by atoms with Crippen molar-refractivity contribution in [2.24, 2.45) is 12.8 Å². The van der Waals surface area contributed by atoms with Crippen LogP contribution in [0.4, 0.5) is 5.82 Å². The second-order valence-electron chi connectivity index (χ2n) is 8.29. The molecule has 5 N–H and O–H groups in total. The Hall–Kier alpha value is -3.54. The first-order valence-corrected chi connectivity index (χ1v) is 11.2. The highest BCUT2D eigenvalue weighted by Crippen LogP contribution is 2.24. The summed E-state index contributed by atoms with van der Waals surface area (Å²) in [4.78, 5) is 35.9. The molecule has 0 aliphatic carbocycles. The maximum Gasteiger partial charge on any atom is 0.270 e. The summed E-state index contributed by atoms with van der Waals surface area (Å²) in [5.74, 6) is 0.00858. The highest BCUT2D eigenvalue weighted by molar-refractivity contribution is 6.01. The number of carbonyl (C=O) groups is 2. The average molecular weight is 467 g/mol. The Morgan fingerprint density at radius 3 is 2.74 bits per heavy atom. The molecule has 11 nitrogen and oxygen atoms in total. The molecule has 0 spiro atoms. The molecule has 1 aliphatic heterocycles. The van der Waals surface area contributed by atoms with Gasteiger partial charge in [0.2, 0.25) is 0 Å². The number of likely N-dealkylation sites (tertiary alicyclic amines) is 1. The fourth-order valence-corrected chi connectivity index (χ4v) is 3.94. The highest BCUT2D eigenvalue weighted by Gasteiger charge is 2.27.